The predicted octanol–water partition coefficient (Wildman–Crippen LogP) is 4.06. The molecule has 0 aliphatic heterocycles. The zero-order valence-electron chi connectivity index (χ0n) is 15.1. The third kappa shape index (κ3) is 4.32. The van der Waals surface area contributed by atoms with Crippen molar-refractivity contribution in [3.05, 3.63) is 5.82 Å². The van der Waals surface area contributed by atoms with Gasteiger partial charge in [-0.3, -0.25) is 4.79 Å². The highest BCUT2D eigenvalue weighted by atomic mass is 32.2. The fourth-order valence-electron chi connectivity index (χ4n) is 3.39. The van der Waals surface area contributed by atoms with E-state index in [1.54, 1.807) is 11.8 Å². The molecular weight excluding hydrogens is 320 g/mol. The van der Waals surface area contributed by atoms with Gasteiger partial charge in [0.15, 0.2) is 5.16 Å². The summed E-state index contributed by atoms with van der Waals surface area (Å²) in [4.78, 5) is 12.6. The minimum absolute atomic E-state index is 0.130. The third-order valence-corrected chi connectivity index (χ3v) is 6.03. The molecule has 1 amide bonds. The van der Waals surface area contributed by atoms with Gasteiger partial charge in [0, 0.05) is 18.0 Å². The van der Waals surface area contributed by atoms with Crippen LogP contribution in [0.4, 0.5) is 0 Å². The molecule has 1 aromatic rings. The standard InChI is InChI=1S/C18H30N4OS/c1-12(2)16-20-21-18(22(16)15-10-11-15)24-13(3)17(23)19-14-8-6-4-5-7-9-14/h12-15H,4-11H2,1-3H3,(H,19,23). The first-order chi connectivity index (χ1) is 11.6. The van der Waals surface area contributed by atoms with E-state index < -0.39 is 0 Å². The molecule has 1 atom stereocenters. The fraction of sp³-hybridized carbons (Fsp3) is 0.833. The smallest absolute Gasteiger partial charge is 0.233 e. The van der Waals surface area contributed by atoms with Crippen molar-refractivity contribution in [1.82, 2.24) is 20.1 Å². The highest BCUT2D eigenvalue weighted by Gasteiger charge is 2.32. The van der Waals surface area contributed by atoms with Crippen LogP contribution in [0.3, 0.4) is 0 Å². The van der Waals surface area contributed by atoms with E-state index in [0.29, 0.717) is 18.0 Å². The van der Waals surface area contributed by atoms with Gasteiger partial charge in [0.1, 0.15) is 5.82 Å². The average molecular weight is 351 g/mol. The number of thioether (sulfide) groups is 1. The number of nitrogens with one attached hydrogen (secondary N) is 1. The number of hydrogen-bond acceptors (Lipinski definition) is 4. The maximum Gasteiger partial charge on any atom is 0.233 e. The van der Waals surface area contributed by atoms with E-state index in [2.05, 4.69) is 33.9 Å². The molecule has 2 saturated carbocycles. The molecule has 2 aliphatic carbocycles. The van der Waals surface area contributed by atoms with Crippen LogP contribution in [0.25, 0.3) is 0 Å². The molecular formula is C18H30N4OS. The Labute approximate surface area is 149 Å². The summed E-state index contributed by atoms with van der Waals surface area (Å²) in [6, 6.07) is 0.896. The van der Waals surface area contributed by atoms with Crippen LogP contribution in [0, 0.1) is 0 Å². The zero-order chi connectivity index (χ0) is 17.1. The first kappa shape index (κ1) is 17.8. The largest absolute Gasteiger partial charge is 0.352 e. The fourth-order valence-corrected chi connectivity index (χ4v) is 4.33. The Bertz CT molecular complexity index is 559. The highest BCUT2D eigenvalue weighted by molar-refractivity contribution is 8.00. The number of amides is 1. The first-order valence-corrected chi connectivity index (χ1v) is 10.4. The van der Waals surface area contributed by atoms with E-state index >= 15 is 0 Å². The molecule has 0 spiro atoms. The van der Waals surface area contributed by atoms with Crippen molar-refractivity contribution in [2.75, 3.05) is 0 Å². The van der Waals surface area contributed by atoms with E-state index in [1.165, 1.54) is 38.5 Å². The highest BCUT2D eigenvalue weighted by Crippen LogP contribution is 2.40. The van der Waals surface area contributed by atoms with E-state index in [1.807, 2.05) is 6.92 Å². The number of nitrogens with zero attached hydrogens (tertiary/aromatic N) is 3. The quantitative estimate of drug-likeness (QED) is 0.621. The van der Waals surface area contributed by atoms with E-state index in [0.717, 1.165) is 23.8 Å². The third-order valence-electron chi connectivity index (χ3n) is 4.97. The summed E-state index contributed by atoms with van der Waals surface area (Å²) >= 11 is 1.56. The second kappa shape index (κ2) is 7.89. The van der Waals surface area contributed by atoms with Crippen LogP contribution in [0.2, 0.25) is 0 Å². The number of carbonyl (C=O) groups is 1. The minimum Gasteiger partial charge on any atom is -0.352 e. The summed E-state index contributed by atoms with van der Waals surface area (Å²) in [5.41, 5.74) is 0. The van der Waals surface area contributed by atoms with Crippen molar-refractivity contribution in [3.63, 3.8) is 0 Å². The van der Waals surface area contributed by atoms with Crippen molar-refractivity contribution in [2.24, 2.45) is 0 Å². The summed E-state index contributed by atoms with van der Waals surface area (Å²) in [6.07, 6.45) is 9.73. The predicted molar refractivity (Wildman–Crippen MR) is 97.3 cm³/mol. The van der Waals surface area contributed by atoms with Gasteiger partial charge in [0.05, 0.1) is 5.25 Å². The molecule has 1 unspecified atom stereocenters. The molecule has 3 rings (SSSR count). The SMILES string of the molecule is CC(Sc1nnc(C(C)C)n1C1CC1)C(=O)NC1CCCCCC1. The molecule has 1 N–H and O–H groups in total. The van der Waals surface area contributed by atoms with Crippen molar-refractivity contribution in [3.8, 4) is 0 Å². The van der Waals surface area contributed by atoms with Crippen LogP contribution in [0.15, 0.2) is 5.16 Å². The maximum atomic E-state index is 12.6. The van der Waals surface area contributed by atoms with Crippen molar-refractivity contribution in [2.45, 2.75) is 101 Å². The van der Waals surface area contributed by atoms with Gasteiger partial charge in [-0.05, 0) is 32.6 Å². The van der Waals surface area contributed by atoms with Gasteiger partial charge in [-0.15, -0.1) is 10.2 Å². The van der Waals surface area contributed by atoms with Gasteiger partial charge >= 0.3 is 0 Å². The molecule has 0 saturated heterocycles. The monoisotopic (exact) mass is 350 g/mol. The number of carbonyl (C=O) groups excluding carboxylic acids is 1. The number of hydrogen-bond donors (Lipinski definition) is 1. The first-order valence-electron chi connectivity index (χ1n) is 9.48. The van der Waals surface area contributed by atoms with Crippen LogP contribution in [-0.4, -0.2) is 32.0 Å². The minimum atomic E-state index is -0.130. The Hall–Kier alpha value is -1.04. The summed E-state index contributed by atoms with van der Waals surface area (Å²) in [7, 11) is 0. The molecule has 2 aliphatic rings. The van der Waals surface area contributed by atoms with Crippen LogP contribution in [-0.2, 0) is 4.79 Å². The maximum absolute atomic E-state index is 12.6. The summed E-state index contributed by atoms with van der Waals surface area (Å²) in [5, 5.41) is 12.8. The molecule has 1 aromatic heterocycles. The molecule has 0 radical (unpaired) electrons. The second-order valence-electron chi connectivity index (χ2n) is 7.55. The Morgan fingerprint density at radius 3 is 2.33 bits per heavy atom. The summed E-state index contributed by atoms with van der Waals surface area (Å²) in [5.74, 6) is 1.56. The van der Waals surface area contributed by atoms with Crippen LogP contribution in [0.1, 0.15) is 89.9 Å². The topological polar surface area (TPSA) is 59.8 Å². The lowest BCUT2D eigenvalue weighted by Crippen LogP contribution is -2.39. The lowest BCUT2D eigenvalue weighted by Gasteiger charge is -2.19. The average Bonchev–Trinajstić information content (AvgIpc) is 3.33. The lowest BCUT2D eigenvalue weighted by molar-refractivity contribution is -0.121. The molecule has 0 aromatic carbocycles. The van der Waals surface area contributed by atoms with Gasteiger partial charge in [-0.25, -0.2) is 0 Å². The number of aromatic nitrogens is 3. The van der Waals surface area contributed by atoms with Gasteiger partial charge in [-0.1, -0.05) is 51.3 Å². The second-order valence-corrected chi connectivity index (χ2v) is 8.86. The summed E-state index contributed by atoms with van der Waals surface area (Å²) in [6.45, 7) is 6.29. The van der Waals surface area contributed by atoms with E-state index in [4.69, 9.17) is 0 Å². The Morgan fingerprint density at radius 2 is 1.75 bits per heavy atom. The Morgan fingerprint density at radius 1 is 1.08 bits per heavy atom. The van der Waals surface area contributed by atoms with Gasteiger partial charge in [0.2, 0.25) is 5.91 Å². The molecule has 24 heavy (non-hydrogen) atoms. The van der Waals surface area contributed by atoms with E-state index in [-0.39, 0.29) is 11.2 Å². The van der Waals surface area contributed by atoms with Crippen LogP contribution in [0.5, 0.6) is 0 Å². The molecule has 2 fully saturated rings. The molecule has 134 valence electrons. The number of rotatable bonds is 6. The summed E-state index contributed by atoms with van der Waals surface area (Å²) < 4.78 is 2.27. The lowest BCUT2D eigenvalue weighted by atomic mass is 10.1. The molecule has 1 heterocycles. The normalized spacial score (nSPS) is 20.8. The molecule has 5 nitrogen and oxygen atoms in total. The molecule has 0 bridgehead atoms. The van der Waals surface area contributed by atoms with Crippen molar-refractivity contribution in [1.29, 1.82) is 0 Å². The Kier molecular flexibility index (Phi) is 5.85. The van der Waals surface area contributed by atoms with Crippen molar-refractivity contribution < 1.29 is 4.79 Å². The zero-order valence-corrected chi connectivity index (χ0v) is 15.9. The molecule has 6 heteroatoms. The van der Waals surface area contributed by atoms with Crippen LogP contribution < -0.4 is 5.32 Å². The van der Waals surface area contributed by atoms with Gasteiger partial charge in [0.25, 0.3) is 0 Å². The van der Waals surface area contributed by atoms with E-state index in [9.17, 15) is 4.79 Å². The van der Waals surface area contributed by atoms with Crippen molar-refractivity contribution >= 4 is 17.7 Å². The van der Waals surface area contributed by atoms with Gasteiger partial charge < -0.3 is 9.88 Å². The Balaban J connectivity index is 1.61. The van der Waals surface area contributed by atoms with Crippen LogP contribution >= 0.6 is 11.8 Å². The van der Waals surface area contributed by atoms with Gasteiger partial charge in [-0.2, -0.15) is 0 Å².